The molecule has 0 fully saturated rings. The molecule has 2 amide bonds. The largest absolute Gasteiger partial charge is 0.497 e. The molecule has 1 aliphatic rings. The monoisotopic (exact) mass is 522 g/mol. The number of anilines is 2. The molecule has 2 atom stereocenters. The molecule has 3 aromatic carbocycles. The van der Waals surface area contributed by atoms with Crippen molar-refractivity contribution in [3.8, 4) is 5.75 Å². The number of ketones is 1. The molecule has 0 aromatic heterocycles. The van der Waals surface area contributed by atoms with Crippen LogP contribution in [0.3, 0.4) is 0 Å². The standard InChI is InChI=1S/C28H24Cl2N2O4/c1-16-24(27(34)31-21-10-6-19(29)7-11-21)26(18-4-14-23(36-3)15-5-18)25(17(2)33)28(35)32(16)22-12-8-20(30)9-13-22/h4-15,25-26H,1-3H3,(H,31,34)/t25-,26+/m1/s1. The molecular formula is C28H24Cl2N2O4. The number of halogens is 2. The van der Waals surface area contributed by atoms with Gasteiger partial charge < -0.3 is 10.1 Å². The van der Waals surface area contributed by atoms with E-state index in [2.05, 4.69) is 5.32 Å². The average molecular weight is 523 g/mol. The maximum Gasteiger partial charge on any atom is 0.254 e. The first-order valence-corrected chi connectivity index (χ1v) is 12.0. The summed E-state index contributed by atoms with van der Waals surface area (Å²) in [7, 11) is 1.55. The van der Waals surface area contributed by atoms with Crippen LogP contribution in [-0.2, 0) is 14.4 Å². The number of Topliss-reactive ketones (excluding diaryl/α,β-unsaturated/α-hetero) is 1. The zero-order chi connectivity index (χ0) is 26.0. The Morgan fingerprint density at radius 1 is 0.889 bits per heavy atom. The first-order chi connectivity index (χ1) is 17.2. The van der Waals surface area contributed by atoms with Crippen molar-refractivity contribution in [3.05, 3.63) is 99.7 Å². The van der Waals surface area contributed by atoms with Gasteiger partial charge in [0.05, 0.1) is 7.11 Å². The van der Waals surface area contributed by atoms with Gasteiger partial charge >= 0.3 is 0 Å². The van der Waals surface area contributed by atoms with Crippen molar-refractivity contribution in [1.82, 2.24) is 0 Å². The Labute approximate surface area is 219 Å². The number of amides is 2. The van der Waals surface area contributed by atoms with Gasteiger partial charge in [0.15, 0.2) is 0 Å². The molecule has 184 valence electrons. The lowest BCUT2D eigenvalue weighted by Gasteiger charge is -2.39. The lowest BCUT2D eigenvalue weighted by molar-refractivity contribution is -0.132. The van der Waals surface area contributed by atoms with Crippen LogP contribution in [0.4, 0.5) is 11.4 Å². The van der Waals surface area contributed by atoms with E-state index in [0.29, 0.717) is 44.0 Å². The summed E-state index contributed by atoms with van der Waals surface area (Å²) in [6, 6.07) is 20.4. The topological polar surface area (TPSA) is 75.7 Å². The summed E-state index contributed by atoms with van der Waals surface area (Å²) in [5.41, 5.74) is 2.43. The second-order valence-corrected chi connectivity index (χ2v) is 9.32. The Kier molecular flexibility index (Phi) is 7.48. The molecule has 4 rings (SSSR count). The predicted molar refractivity (Wildman–Crippen MR) is 142 cm³/mol. The number of nitrogens with one attached hydrogen (secondary N) is 1. The maximum absolute atomic E-state index is 13.8. The SMILES string of the molecule is COc1ccc([C@H]2C(C(=O)Nc3ccc(Cl)cc3)=C(C)N(c3ccc(Cl)cc3)C(=O)[C@@H]2C(C)=O)cc1. The van der Waals surface area contributed by atoms with E-state index in [9.17, 15) is 14.4 Å². The van der Waals surface area contributed by atoms with Gasteiger partial charge in [0, 0.05) is 38.6 Å². The van der Waals surface area contributed by atoms with E-state index in [0.717, 1.165) is 0 Å². The van der Waals surface area contributed by atoms with Gasteiger partial charge in [-0.1, -0.05) is 35.3 Å². The summed E-state index contributed by atoms with van der Waals surface area (Å²) in [4.78, 5) is 42.0. The molecule has 0 unspecified atom stereocenters. The molecule has 3 aromatic rings. The van der Waals surface area contributed by atoms with Crippen LogP contribution in [0, 0.1) is 5.92 Å². The molecule has 1 aliphatic heterocycles. The van der Waals surface area contributed by atoms with Crippen LogP contribution in [0.15, 0.2) is 84.1 Å². The van der Waals surface area contributed by atoms with Crippen LogP contribution in [-0.4, -0.2) is 24.7 Å². The second-order valence-electron chi connectivity index (χ2n) is 8.45. The van der Waals surface area contributed by atoms with E-state index in [-0.39, 0.29) is 5.78 Å². The van der Waals surface area contributed by atoms with E-state index < -0.39 is 23.7 Å². The highest BCUT2D eigenvalue weighted by Crippen LogP contribution is 2.43. The van der Waals surface area contributed by atoms with E-state index >= 15 is 0 Å². The minimum Gasteiger partial charge on any atom is -0.497 e. The summed E-state index contributed by atoms with van der Waals surface area (Å²) in [5, 5.41) is 3.94. The van der Waals surface area contributed by atoms with Gasteiger partial charge in [-0.15, -0.1) is 0 Å². The highest BCUT2D eigenvalue weighted by atomic mass is 35.5. The van der Waals surface area contributed by atoms with E-state index in [1.165, 1.54) is 11.8 Å². The molecule has 0 saturated carbocycles. The first kappa shape index (κ1) is 25.5. The van der Waals surface area contributed by atoms with Crippen molar-refractivity contribution in [2.45, 2.75) is 19.8 Å². The highest BCUT2D eigenvalue weighted by molar-refractivity contribution is 6.31. The Morgan fingerprint density at radius 2 is 1.44 bits per heavy atom. The highest BCUT2D eigenvalue weighted by Gasteiger charge is 2.46. The molecule has 36 heavy (non-hydrogen) atoms. The Balaban J connectivity index is 1.90. The third kappa shape index (κ3) is 5.01. The molecule has 1 N–H and O–H groups in total. The number of hydrogen-bond donors (Lipinski definition) is 1. The molecule has 0 radical (unpaired) electrons. The fourth-order valence-electron chi connectivity index (χ4n) is 4.49. The molecule has 0 bridgehead atoms. The Morgan fingerprint density at radius 3 is 1.97 bits per heavy atom. The summed E-state index contributed by atoms with van der Waals surface area (Å²) < 4.78 is 5.27. The minimum absolute atomic E-state index is 0.310. The summed E-state index contributed by atoms with van der Waals surface area (Å²) in [6.07, 6.45) is 0. The number of nitrogens with zero attached hydrogens (tertiary/aromatic N) is 1. The van der Waals surface area contributed by atoms with Crippen molar-refractivity contribution < 1.29 is 19.1 Å². The molecule has 8 heteroatoms. The van der Waals surface area contributed by atoms with Crippen molar-refractivity contribution in [3.63, 3.8) is 0 Å². The minimum atomic E-state index is -1.11. The first-order valence-electron chi connectivity index (χ1n) is 11.2. The normalized spacial score (nSPS) is 17.7. The zero-order valence-electron chi connectivity index (χ0n) is 19.9. The lowest BCUT2D eigenvalue weighted by atomic mass is 9.74. The van der Waals surface area contributed by atoms with Gasteiger partial charge in [0.2, 0.25) is 5.91 Å². The molecule has 0 aliphatic carbocycles. The van der Waals surface area contributed by atoms with Crippen molar-refractivity contribution >= 4 is 52.2 Å². The lowest BCUT2D eigenvalue weighted by Crippen LogP contribution is -2.48. The maximum atomic E-state index is 13.8. The van der Waals surface area contributed by atoms with Gasteiger partial charge in [-0.2, -0.15) is 0 Å². The third-order valence-electron chi connectivity index (χ3n) is 6.20. The van der Waals surface area contributed by atoms with Crippen LogP contribution in [0.25, 0.3) is 0 Å². The van der Waals surface area contributed by atoms with Gasteiger partial charge in [0.1, 0.15) is 17.5 Å². The Hall–Kier alpha value is -3.61. The number of carbonyl (C=O) groups is 3. The fourth-order valence-corrected chi connectivity index (χ4v) is 4.74. The number of benzene rings is 3. The summed E-state index contributed by atoms with van der Waals surface area (Å²) in [5.74, 6) is -2.46. The van der Waals surface area contributed by atoms with Gasteiger partial charge in [-0.3, -0.25) is 19.3 Å². The van der Waals surface area contributed by atoms with Crippen LogP contribution in [0.5, 0.6) is 5.75 Å². The quantitative estimate of drug-likeness (QED) is 0.388. The Bertz CT molecular complexity index is 1330. The number of methoxy groups -OCH3 is 1. The van der Waals surface area contributed by atoms with E-state index in [4.69, 9.17) is 27.9 Å². The smallest absolute Gasteiger partial charge is 0.254 e. The second kappa shape index (κ2) is 10.6. The summed E-state index contributed by atoms with van der Waals surface area (Å²) >= 11 is 12.1. The van der Waals surface area contributed by atoms with Crippen molar-refractivity contribution in [1.29, 1.82) is 0 Å². The molecule has 0 saturated heterocycles. The predicted octanol–water partition coefficient (Wildman–Crippen LogP) is 6.25. The molecule has 6 nitrogen and oxygen atoms in total. The fraction of sp³-hybridized carbons (Fsp3) is 0.179. The molecular weight excluding hydrogens is 499 g/mol. The third-order valence-corrected chi connectivity index (χ3v) is 6.70. The van der Waals surface area contributed by atoms with Crippen molar-refractivity contribution in [2.75, 3.05) is 17.3 Å². The van der Waals surface area contributed by atoms with Crippen LogP contribution < -0.4 is 15.0 Å². The molecule has 1 heterocycles. The van der Waals surface area contributed by atoms with Gasteiger partial charge in [-0.05, 0) is 80.1 Å². The van der Waals surface area contributed by atoms with Gasteiger partial charge in [-0.25, -0.2) is 0 Å². The number of rotatable bonds is 6. The summed E-state index contributed by atoms with van der Waals surface area (Å²) in [6.45, 7) is 3.07. The zero-order valence-corrected chi connectivity index (χ0v) is 21.4. The number of hydrogen-bond acceptors (Lipinski definition) is 4. The van der Waals surface area contributed by atoms with Gasteiger partial charge in [0.25, 0.3) is 5.91 Å². The molecule has 0 spiro atoms. The van der Waals surface area contributed by atoms with Crippen molar-refractivity contribution in [2.24, 2.45) is 5.92 Å². The van der Waals surface area contributed by atoms with Crippen LogP contribution in [0.2, 0.25) is 10.0 Å². The number of allylic oxidation sites excluding steroid dienone is 1. The van der Waals surface area contributed by atoms with E-state index in [1.807, 2.05) is 0 Å². The number of carbonyl (C=O) groups excluding carboxylic acids is 3. The number of ether oxygens (including phenoxy) is 1. The average Bonchev–Trinajstić information content (AvgIpc) is 2.86. The van der Waals surface area contributed by atoms with E-state index in [1.54, 1.807) is 86.8 Å². The van der Waals surface area contributed by atoms with Crippen LogP contribution >= 0.6 is 23.2 Å². The van der Waals surface area contributed by atoms with Crippen LogP contribution in [0.1, 0.15) is 25.3 Å².